The van der Waals surface area contributed by atoms with Crippen LogP contribution in [0.15, 0.2) is 24.3 Å². The van der Waals surface area contributed by atoms with Gasteiger partial charge in [0.05, 0.1) is 6.54 Å². The summed E-state index contributed by atoms with van der Waals surface area (Å²) in [4.78, 5) is 2.38. The Morgan fingerprint density at radius 1 is 1.33 bits per heavy atom. The summed E-state index contributed by atoms with van der Waals surface area (Å²) in [7, 11) is 2.17. The molecule has 98 valence electrons. The molecule has 0 unspecified atom stereocenters. The Bertz CT molecular complexity index is 438. The molecule has 0 saturated heterocycles. The van der Waals surface area contributed by atoms with Crippen molar-refractivity contribution in [3.63, 3.8) is 0 Å². The monoisotopic (exact) mass is 244 g/mol. The van der Waals surface area contributed by atoms with Crippen molar-refractivity contribution >= 4 is 0 Å². The number of nitrogens with two attached hydrogens (primary N) is 1. The average Bonchev–Trinajstić information content (AvgIpc) is 2.36. The third kappa shape index (κ3) is 4.18. The van der Waals surface area contributed by atoms with Gasteiger partial charge in [-0.25, -0.2) is 0 Å². The zero-order chi connectivity index (χ0) is 13.6. The minimum Gasteiger partial charge on any atom is -0.320 e. The molecular weight excluding hydrogens is 220 g/mol. The summed E-state index contributed by atoms with van der Waals surface area (Å²) in [5.74, 6) is 5.97. The summed E-state index contributed by atoms with van der Waals surface area (Å²) in [5.41, 5.74) is 7.95. The van der Waals surface area contributed by atoms with Gasteiger partial charge in [0.15, 0.2) is 0 Å². The third-order valence-corrected chi connectivity index (χ3v) is 3.58. The van der Waals surface area contributed by atoms with Gasteiger partial charge in [0.25, 0.3) is 0 Å². The first kappa shape index (κ1) is 14.8. The predicted molar refractivity (Wildman–Crippen MR) is 78.2 cm³/mol. The van der Waals surface area contributed by atoms with Crippen molar-refractivity contribution in [2.24, 2.45) is 5.73 Å². The van der Waals surface area contributed by atoms with Gasteiger partial charge in [-0.1, -0.05) is 30.9 Å². The van der Waals surface area contributed by atoms with Crippen LogP contribution in [0.3, 0.4) is 0 Å². The van der Waals surface area contributed by atoms with Crippen LogP contribution < -0.4 is 5.73 Å². The lowest BCUT2D eigenvalue weighted by atomic mass is 9.99. The van der Waals surface area contributed by atoms with Gasteiger partial charge in [-0.15, -0.1) is 0 Å². The Morgan fingerprint density at radius 3 is 2.67 bits per heavy atom. The number of benzene rings is 1. The standard InChI is InChI=1S/C16H24N2/c1-5-16(2,3)18(4)13-15-9-6-8-14(12-15)10-7-11-17/h6,8-9,12H,5,11,13,17H2,1-4H3. The molecule has 1 rings (SSSR count). The van der Waals surface area contributed by atoms with E-state index < -0.39 is 0 Å². The molecule has 0 amide bonds. The summed E-state index contributed by atoms with van der Waals surface area (Å²) in [5, 5.41) is 0. The highest BCUT2D eigenvalue weighted by molar-refractivity contribution is 5.37. The van der Waals surface area contributed by atoms with Gasteiger partial charge < -0.3 is 5.73 Å². The maximum Gasteiger partial charge on any atom is 0.0555 e. The SMILES string of the molecule is CCC(C)(C)N(C)Cc1cccc(C#CCN)c1. The summed E-state index contributed by atoms with van der Waals surface area (Å²) in [6, 6.07) is 8.38. The molecule has 2 N–H and O–H groups in total. The van der Waals surface area contributed by atoms with E-state index in [-0.39, 0.29) is 5.54 Å². The highest BCUT2D eigenvalue weighted by Crippen LogP contribution is 2.19. The lowest BCUT2D eigenvalue weighted by molar-refractivity contribution is 0.143. The maximum absolute atomic E-state index is 5.39. The van der Waals surface area contributed by atoms with Crippen LogP contribution in [0, 0.1) is 11.8 Å². The Balaban J connectivity index is 2.79. The third-order valence-electron chi connectivity index (χ3n) is 3.58. The topological polar surface area (TPSA) is 29.3 Å². The Kier molecular flexibility index (Phi) is 5.40. The van der Waals surface area contributed by atoms with Crippen LogP contribution >= 0.6 is 0 Å². The van der Waals surface area contributed by atoms with Crippen LogP contribution in [0.1, 0.15) is 38.3 Å². The predicted octanol–water partition coefficient (Wildman–Crippen LogP) is 2.62. The summed E-state index contributed by atoms with van der Waals surface area (Å²) in [6.45, 7) is 8.11. The van der Waals surface area contributed by atoms with Crippen LogP contribution in [-0.2, 0) is 6.54 Å². The smallest absolute Gasteiger partial charge is 0.0555 e. The second-order valence-corrected chi connectivity index (χ2v) is 5.23. The molecule has 0 bridgehead atoms. The Labute approximate surface area is 111 Å². The van der Waals surface area contributed by atoms with Crippen LogP contribution in [0.25, 0.3) is 0 Å². The molecule has 0 aliphatic rings. The first-order valence-corrected chi connectivity index (χ1v) is 6.48. The largest absolute Gasteiger partial charge is 0.320 e. The highest BCUT2D eigenvalue weighted by atomic mass is 15.2. The number of rotatable bonds is 4. The van der Waals surface area contributed by atoms with E-state index in [0.717, 1.165) is 18.5 Å². The number of hydrogen-bond donors (Lipinski definition) is 1. The van der Waals surface area contributed by atoms with Crippen molar-refractivity contribution in [1.29, 1.82) is 0 Å². The number of hydrogen-bond acceptors (Lipinski definition) is 2. The van der Waals surface area contributed by atoms with Crippen molar-refractivity contribution in [3.05, 3.63) is 35.4 Å². The zero-order valence-electron chi connectivity index (χ0n) is 12.0. The molecule has 0 heterocycles. The Hall–Kier alpha value is -1.30. The van der Waals surface area contributed by atoms with Crippen LogP contribution in [0.5, 0.6) is 0 Å². The Morgan fingerprint density at radius 2 is 2.06 bits per heavy atom. The van der Waals surface area contributed by atoms with Gasteiger partial charge in [0.2, 0.25) is 0 Å². The molecule has 2 nitrogen and oxygen atoms in total. The second-order valence-electron chi connectivity index (χ2n) is 5.23. The molecule has 0 radical (unpaired) electrons. The van der Waals surface area contributed by atoms with E-state index in [1.54, 1.807) is 0 Å². The molecule has 2 heteroatoms. The number of nitrogens with zero attached hydrogens (tertiary/aromatic N) is 1. The fourth-order valence-electron chi connectivity index (χ4n) is 1.66. The molecular formula is C16H24N2. The van der Waals surface area contributed by atoms with Gasteiger partial charge in [-0.2, -0.15) is 0 Å². The van der Waals surface area contributed by atoms with E-state index in [2.05, 4.69) is 62.8 Å². The van der Waals surface area contributed by atoms with E-state index in [4.69, 9.17) is 5.73 Å². The lowest BCUT2D eigenvalue weighted by Crippen LogP contribution is -2.39. The molecule has 1 aromatic rings. The fraction of sp³-hybridized carbons (Fsp3) is 0.500. The van der Waals surface area contributed by atoms with Crippen LogP contribution in [0.2, 0.25) is 0 Å². The van der Waals surface area contributed by atoms with E-state index in [1.165, 1.54) is 5.56 Å². The molecule has 1 aromatic carbocycles. The van der Waals surface area contributed by atoms with Crippen LogP contribution in [-0.4, -0.2) is 24.0 Å². The maximum atomic E-state index is 5.39. The van der Waals surface area contributed by atoms with E-state index in [0.29, 0.717) is 6.54 Å². The lowest BCUT2D eigenvalue weighted by Gasteiger charge is -2.34. The summed E-state index contributed by atoms with van der Waals surface area (Å²) >= 11 is 0. The van der Waals surface area contributed by atoms with E-state index >= 15 is 0 Å². The van der Waals surface area contributed by atoms with Crippen LogP contribution in [0.4, 0.5) is 0 Å². The van der Waals surface area contributed by atoms with Crippen molar-refractivity contribution in [3.8, 4) is 11.8 Å². The molecule has 0 atom stereocenters. The van der Waals surface area contributed by atoms with Crippen molar-refractivity contribution in [1.82, 2.24) is 4.90 Å². The van der Waals surface area contributed by atoms with Crippen molar-refractivity contribution in [2.75, 3.05) is 13.6 Å². The summed E-state index contributed by atoms with van der Waals surface area (Å²) in [6.07, 6.45) is 1.14. The molecule has 0 aliphatic carbocycles. The van der Waals surface area contributed by atoms with Gasteiger partial charge in [-0.3, -0.25) is 4.90 Å². The van der Waals surface area contributed by atoms with E-state index in [1.807, 2.05) is 6.07 Å². The van der Waals surface area contributed by atoms with Gasteiger partial charge in [-0.05, 0) is 45.0 Å². The normalized spacial score (nSPS) is 11.2. The summed E-state index contributed by atoms with van der Waals surface area (Å²) < 4.78 is 0. The molecule has 0 aliphatic heterocycles. The first-order chi connectivity index (χ1) is 8.49. The zero-order valence-corrected chi connectivity index (χ0v) is 12.0. The van der Waals surface area contributed by atoms with Crippen molar-refractivity contribution in [2.45, 2.75) is 39.3 Å². The second kappa shape index (κ2) is 6.58. The first-order valence-electron chi connectivity index (χ1n) is 6.48. The highest BCUT2D eigenvalue weighted by Gasteiger charge is 2.20. The minimum absolute atomic E-state index is 0.221. The molecule has 0 saturated carbocycles. The molecule has 0 aromatic heterocycles. The van der Waals surface area contributed by atoms with Gasteiger partial charge >= 0.3 is 0 Å². The minimum atomic E-state index is 0.221. The molecule has 0 fully saturated rings. The van der Waals surface area contributed by atoms with Crippen molar-refractivity contribution < 1.29 is 0 Å². The molecule has 0 spiro atoms. The quantitative estimate of drug-likeness (QED) is 0.825. The van der Waals surface area contributed by atoms with E-state index in [9.17, 15) is 0 Å². The average molecular weight is 244 g/mol. The fourth-order valence-corrected chi connectivity index (χ4v) is 1.66. The van der Waals surface area contributed by atoms with Gasteiger partial charge in [0.1, 0.15) is 0 Å². The molecule has 18 heavy (non-hydrogen) atoms. The van der Waals surface area contributed by atoms with Gasteiger partial charge in [0, 0.05) is 17.6 Å².